The number of carbonyl (C=O) groups excluding carboxylic acids is 1. The smallest absolute Gasteiger partial charge is 0.302 e. The number of allylic oxidation sites excluding steroid dienone is 3. The number of fused-ring (bicyclic) bond motifs is 4. The van der Waals surface area contributed by atoms with Crippen LogP contribution in [0.15, 0.2) is 22.8 Å². The van der Waals surface area contributed by atoms with Gasteiger partial charge in [-0.1, -0.05) is 64.3 Å². The minimum Gasteiger partial charge on any atom is -0.462 e. The second-order valence-corrected chi connectivity index (χ2v) is 14.5. The first-order valence-electron chi connectivity index (χ1n) is 14.6. The van der Waals surface area contributed by atoms with Gasteiger partial charge in [0.15, 0.2) is 0 Å². The standard InChI is InChI=1S/C32H50O3/c1-20(8-9-22-18-23(34)19-22)24-12-16-32(7)26-10-11-27-29(3,4)28(35-21(2)33)14-15-30(27,5)25(26)13-17-31(24,32)6/h9,20,23-24,27-28,34H,8,10-19H2,1-7H3/t20-,23?,24-,27+,28+,30-,31-,32+/m1/s1. The lowest BCUT2D eigenvalue weighted by molar-refractivity contribution is -0.167. The number of hydrogen-bond donors (Lipinski definition) is 1. The normalized spacial score (nSPS) is 45.1. The van der Waals surface area contributed by atoms with Crippen molar-refractivity contribution >= 4 is 5.97 Å². The molecular weight excluding hydrogens is 432 g/mol. The number of carbonyl (C=O) groups is 1. The Bertz CT molecular complexity index is 934. The van der Waals surface area contributed by atoms with Gasteiger partial charge in [0, 0.05) is 12.3 Å². The number of aliphatic hydroxyl groups is 1. The van der Waals surface area contributed by atoms with Crippen molar-refractivity contribution in [1.82, 2.24) is 0 Å². The molecule has 1 N–H and O–H groups in total. The molecule has 3 nitrogen and oxygen atoms in total. The molecule has 3 heteroatoms. The van der Waals surface area contributed by atoms with Gasteiger partial charge in [0.05, 0.1) is 6.10 Å². The van der Waals surface area contributed by atoms with Crippen molar-refractivity contribution in [2.24, 2.45) is 39.4 Å². The maximum Gasteiger partial charge on any atom is 0.302 e. The molecule has 3 saturated carbocycles. The summed E-state index contributed by atoms with van der Waals surface area (Å²) in [4.78, 5) is 11.8. The van der Waals surface area contributed by atoms with Crippen molar-refractivity contribution in [1.29, 1.82) is 0 Å². The van der Waals surface area contributed by atoms with Crippen molar-refractivity contribution in [3.05, 3.63) is 22.8 Å². The number of aliphatic hydroxyl groups excluding tert-OH is 1. The molecule has 0 saturated heterocycles. The van der Waals surface area contributed by atoms with E-state index in [1.807, 2.05) is 11.1 Å². The van der Waals surface area contributed by atoms with Gasteiger partial charge in [0.25, 0.3) is 0 Å². The predicted molar refractivity (Wildman–Crippen MR) is 142 cm³/mol. The second-order valence-electron chi connectivity index (χ2n) is 14.5. The zero-order valence-electron chi connectivity index (χ0n) is 23.5. The third-order valence-corrected chi connectivity index (χ3v) is 12.5. The van der Waals surface area contributed by atoms with Crippen LogP contribution in [0.2, 0.25) is 0 Å². The van der Waals surface area contributed by atoms with E-state index in [2.05, 4.69) is 47.6 Å². The lowest BCUT2D eigenvalue weighted by atomic mass is 9.43. The van der Waals surface area contributed by atoms with Crippen LogP contribution in [0.4, 0.5) is 0 Å². The number of rotatable bonds is 4. The van der Waals surface area contributed by atoms with Crippen molar-refractivity contribution in [3.63, 3.8) is 0 Å². The van der Waals surface area contributed by atoms with Crippen LogP contribution in [0.5, 0.6) is 0 Å². The summed E-state index contributed by atoms with van der Waals surface area (Å²) in [6, 6.07) is 0. The fraction of sp³-hybridized carbons (Fsp3) is 0.844. The van der Waals surface area contributed by atoms with Gasteiger partial charge in [-0.05, 0) is 105 Å². The summed E-state index contributed by atoms with van der Waals surface area (Å²) in [5, 5.41) is 9.66. The molecule has 196 valence electrons. The first kappa shape index (κ1) is 25.6. The molecule has 5 rings (SSSR count). The van der Waals surface area contributed by atoms with E-state index in [1.54, 1.807) is 6.92 Å². The number of esters is 1. The van der Waals surface area contributed by atoms with Crippen LogP contribution in [0.25, 0.3) is 0 Å². The second kappa shape index (κ2) is 8.47. The van der Waals surface area contributed by atoms with Gasteiger partial charge in [-0.3, -0.25) is 4.79 Å². The maximum atomic E-state index is 11.8. The molecule has 0 aromatic rings. The molecule has 5 aliphatic carbocycles. The van der Waals surface area contributed by atoms with Gasteiger partial charge in [-0.15, -0.1) is 0 Å². The molecule has 0 spiro atoms. The van der Waals surface area contributed by atoms with Gasteiger partial charge in [-0.25, -0.2) is 0 Å². The third-order valence-electron chi connectivity index (χ3n) is 12.5. The zero-order valence-corrected chi connectivity index (χ0v) is 23.5. The van der Waals surface area contributed by atoms with Crippen LogP contribution in [0.1, 0.15) is 119 Å². The molecule has 0 heterocycles. The molecule has 0 amide bonds. The Balaban J connectivity index is 1.41. The predicted octanol–water partition coefficient (Wildman–Crippen LogP) is 7.77. The lowest BCUT2D eigenvalue weighted by Gasteiger charge is -2.62. The highest BCUT2D eigenvalue weighted by Crippen LogP contribution is 2.72. The van der Waals surface area contributed by atoms with Gasteiger partial charge < -0.3 is 9.84 Å². The Morgan fingerprint density at radius 1 is 1.03 bits per heavy atom. The van der Waals surface area contributed by atoms with E-state index in [0.717, 1.165) is 31.6 Å². The van der Waals surface area contributed by atoms with Gasteiger partial charge in [-0.2, -0.15) is 0 Å². The Morgan fingerprint density at radius 3 is 2.40 bits per heavy atom. The van der Waals surface area contributed by atoms with E-state index in [9.17, 15) is 9.90 Å². The first-order valence-corrected chi connectivity index (χ1v) is 14.6. The van der Waals surface area contributed by atoms with E-state index in [4.69, 9.17) is 4.74 Å². The molecule has 35 heavy (non-hydrogen) atoms. The van der Waals surface area contributed by atoms with Crippen LogP contribution < -0.4 is 0 Å². The molecule has 0 aromatic heterocycles. The fourth-order valence-electron chi connectivity index (χ4n) is 10.3. The molecule has 3 fully saturated rings. The van der Waals surface area contributed by atoms with Crippen molar-refractivity contribution < 1.29 is 14.6 Å². The molecular formula is C32H50O3. The Hall–Kier alpha value is -1.09. The first-order chi connectivity index (χ1) is 16.3. The Kier molecular flexibility index (Phi) is 6.18. The van der Waals surface area contributed by atoms with Crippen LogP contribution in [0, 0.1) is 39.4 Å². The summed E-state index contributed by atoms with van der Waals surface area (Å²) < 4.78 is 5.87. The van der Waals surface area contributed by atoms with Crippen LogP contribution in [-0.4, -0.2) is 23.3 Å². The quantitative estimate of drug-likeness (QED) is 0.329. The molecule has 0 aliphatic heterocycles. The summed E-state index contributed by atoms with van der Waals surface area (Å²) in [5.74, 6) is 1.95. The van der Waals surface area contributed by atoms with Crippen LogP contribution >= 0.6 is 0 Å². The molecule has 5 aliphatic rings. The highest BCUT2D eigenvalue weighted by Gasteiger charge is 2.63. The van der Waals surface area contributed by atoms with E-state index in [1.165, 1.54) is 50.5 Å². The van der Waals surface area contributed by atoms with E-state index in [-0.39, 0.29) is 29.0 Å². The topological polar surface area (TPSA) is 46.5 Å². The third kappa shape index (κ3) is 3.72. The monoisotopic (exact) mass is 482 g/mol. The minimum atomic E-state index is -0.126. The van der Waals surface area contributed by atoms with Crippen LogP contribution in [-0.2, 0) is 9.53 Å². The molecule has 0 aromatic carbocycles. The number of hydrogen-bond acceptors (Lipinski definition) is 3. The SMILES string of the molecule is CC(=O)O[C@H]1CC[C@]2(C)C3=C(CC[C@H]2C1(C)C)[C@]1(C)CC[C@H]([C@H](C)CC=C2CC(O)C2)[C@@]1(C)CC3. The summed E-state index contributed by atoms with van der Waals surface area (Å²) in [7, 11) is 0. The Labute approximate surface area is 214 Å². The average Bonchev–Trinajstić information content (AvgIpc) is 3.04. The van der Waals surface area contributed by atoms with Gasteiger partial charge >= 0.3 is 5.97 Å². The molecule has 0 bridgehead atoms. The number of ether oxygens (including phenoxy) is 1. The molecule has 0 radical (unpaired) electrons. The largest absolute Gasteiger partial charge is 0.462 e. The summed E-state index contributed by atoms with van der Waals surface area (Å²) in [6.45, 7) is 16.6. The fourth-order valence-corrected chi connectivity index (χ4v) is 10.3. The van der Waals surface area contributed by atoms with Crippen molar-refractivity contribution in [2.45, 2.75) is 131 Å². The lowest BCUT2D eigenvalue weighted by Crippen LogP contribution is -2.55. The maximum absolute atomic E-state index is 11.8. The van der Waals surface area contributed by atoms with E-state index in [0.29, 0.717) is 22.7 Å². The summed E-state index contributed by atoms with van der Waals surface area (Å²) in [6.07, 6.45) is 15.3. The summed E-state index contributed by atoms with van der Waals surface area (Å²) >= 11 is 0. The highest BCUT2D eigenvalue weighted by molar-refractivity contribution is 5.66. The van der Waals surface area contributed by atoms with E-state index >= 15 is 0 Å². The van der Waals surface area contributed by atoms with Crippen molar-refractivity contribution in [3.8, 4) is 0 Å². The van der Waals surface area contributed by atoms with Crippen molar-refractivity contribution in [2.75, 3.05) is 0 Å². The summed E-state index contributed by atoms with van der Waals surface area (Å²) in [5.41, 5.74) is 6.09. The van der Waals surface area contributed by atoms with Crippen LogP contribution in [0.3, 0.4) is 0 Å². The zero-order chi connectivity index (χ0) is 25.4. The average molecular weight is 483 g/mol. The van der Waals surface area contributed by atoms with Gasteiger partial charge in [0.2, 0.25) is 0 Å². The highest BCUT2D eigenvalue weighted by atomic mass is 16.5. The van der Waals surface area contributed by atoms with E-state index < -0.39 is 0 Å². The molecule has 7 atom stereocenters. The Morgan fingerprint density at radius 2 is 1.74 bits per heavy atom. The minimum absolute atomic E-state index is 0.0220. The molecule has 0 unspecified atom stereocenters. The van der Waals surface area contributed by atoms with Gasteiger partial charge in [0.1, 0.15) is 6.10 Å².